The van der Waals surface area contributed by atoms with E-state index in [-0.39, 0.29) is 6.61 Å². The Balaban J connectivity index is 2.01. The third-order valence-corrected chi connectivity index (χ3v) is 6.09. The normalized spacial score (nSPS) is 13.5. The summed E-state index contributed by atoms with van der Waals surface area (Å²) in [6.07, 6.45) is -0.308. The van der Waals surface area contributed by atoms with Crippen molar-refractivity contribution in [1.82, 2.24) is 5.32 Å². The van der Waals surface area contributed by atoms with Crippen molar-refractivity contribution in [1.29, 1.82) is 0 Å². The molecule has 2 rings (SSSR count). The van der Waals surface area contributed by atoms with E-state index in [1.54, 1.807) is 66.7 Å². The van der Waals surface area contributed by atoms with E-state index in [1.165, 1.54) is 11.8 Å². The van der Waals surface area contributed by atoms with Crippen molar-refractivity contribution in [3.63, 3.8) is 0 Å². The number of rotatable bonds is 8. The van der Waals surface area contributed by atoms with Gasteiger partial charge in [0.15, 0.2) is 0 Å². The van der Waals surface area contributed by atoms with E-state index in [0.717, 1.165) is 15.4 Å². The number of hydrogen-bond donors (Lipinski definition) is 2. The van der Waals surface area contributed by atoms with Crippen LogP contribution in [0.4, 0.5) is 9.59 Å². The number of hydrogen-bond acceptors (Lipinski definition) is 7. The molecule has 2 aromatic rings. The van der Waals surface area contributed by atoms with Crippen LogP contribution in [0, 0.1) is 0 Å². The molecule has 0 saturated carbocycles. The van der Waals surface area contributed by atoms with Gasteiger partial charge in [-0.1, -0.05) is 35.5 Å². The minimum Gasteiger partial charge on any atom is -0.444 e. The number of alkyl carbamates (subject to hydrolysis) is 1. The fraction of sp³-hybridized carbons (Fsp3) is 0.481. The van der Waals surface area contributed by atoms with Crippen LogP contribution in [0.3, 0.4) is 0 Å². The maximum absolute atomic E-state index is 12.2. The van der Waals surface area contributed by atoms with E-state index in [2.05, 4.69) is 5.32 Å². The predicted octanol–water partition coefficient (Wildman–Crippen LogP) is 7.01. The monoisotopic (exact) mass is 537 g/mol. The van der Waals surface area contributed by atoms with Gasteiger partial charge in [0.1, 0.15) is 17.0 Å². The molecule has 0 radical (unpaired) electrons. The Labute approximate surface area is 222 Å². The zero-order valence-corrected chi connectivity index (χ0v) is 23.5. The molecule has 0 saturated heterocycles. The Hall–Kier alpha value is -2.42. The zero-order chi connectivity index (χ0) is 27.1. The molecule has 0 fully saturated rings. The van der Waals surface area contributed by atoms with Gasteiger partial charge in [0.25, 0.3) is 0 Å². The van der Waals surface area contributed by atoms with E-state index < -0.39 is 29.0 Å². The molecule has 0 aliphatic carbocycles. The Kier molecular flexibility index (Phi) is 10.1. The second-order valence-electron chi connectivity index (χ2n) is 10.7. The largest absolute Gasteiger partial charge is 0.514 e. The second-order valence-corrected chi connectivity index (χ2v) is 12.3. The number of carbonyl (C=O) groups excluding carboxylic acids is 2. The second kappa shape index (κ2) is 12.2. The maximum atomic E-state index is 12.2. The number of benzene rings is 2. The number of halogens is 1. The van der Waals surface area contributed by atoms with Gasteiger partial charge in [0.2, 0.25) is 0 Å². The standard InChI is InChI=1S/C27H36ClNO6S/c1-25(2,3)34-23(31)29-27(7,17-30)14-13-18-11-12-21(16-22(18)28)36-20-10-8-9-19(15-20)33-24(32)35-26(4,5)6/h8-12,15-16,30H,13-14,17H2,1-7H3,(H,29,31)/t27-/m0/s1. The number of aliphatic hydroxyl groups excluding tert-OH is 1. The fourth-order valence-corrected chi connectivity index (χ4v) is 4.29. The third-order valence-electron chi connectivity index (χ3n) is 4.75. The van der Waals surface area contributed by atoms with Gasteiger partial charge in [0.05, 0.1) is 12.1 Å². The first-order valence-corrected chi connectivity index (χ1v) is 12.9. The summed E-state index contributed by atoms with van der Waals surface area (Å²) in [6, 6.07) is 12.9. The molecule has 0 aromatic heterocycles. The van der Waals surface area contributed by atoms with Gasteiger partial charge in [-0.2, -0.15) is 0 Å². The SMILES string of the molecule is CC(C)(C)OC(=O)N[C@](C)(CO)CCc1ccc(Sc2cccc(OC(=O)OC(C)(C)C)c2)cc1Cl. The summed E-state index contributed by atoms with van der Waals surface area (Å²) in [4.78, 5) is 25.9. The number of amides is 1. The van der Waals surface area contributed by atoms with Crippen LogP contribution in [0.2, 0.25) is 5.02 Å². The number of aryl methyl sites for hydroxylation is 1. The van der Waals surface area contributed by atoms with Gasteiger partial charge >= 0.3 is 12.2 Å². The Morgan fingerprint density at radius 1 is 0.944 bits per heavy atom. The molecule has 0 spiro atoms. The highest BCUT2D eigenvalue weighted by atomic mass is 35.5. The van der Waals surface area contributed by atoms with E-state index in [9.17, 15) is 14.7 Å². The van der Waals surface area contributed by atoms with Crippen LogP contribution in [-0.2, 0) is 15.9 Å². The van der Waals surface area contributed by atoms with Gasteiger partial charge in [-0.05, 0) is 97.2 Å². The molecule has 36 heavy (non-hydrogen) atoms. The molecule has 0 heterocycles. The average molecular weight is 538 g/mol. The van der Waals surface area contributed by atoms with Gasteiger partial charge in [-0.15, -0.1) is 0 Å². The first-order chi connectivity index (χ1) is 16.6. The lowest BCUT2D eigenvalue weighted by atomic mass is 9.94. The summed E-state index contributed by atoms with van der Waals surface area (Å²) >= 11 is 8.02. The van der Waals surface area contributed by atoms with E-state index in [0.29, 0.717) is 23.6 Å². The van der Waals surface area contributed by atoms with Crippen LogP contribution in [0.15, 0.2) is 52.3 Å². The fourth-order valence-electron chi connectivity index (χ4n) is 3.04. The van der Waals surface area contributed by atoms with Gasteiger partial charge in [-0.25, -0.2) is 9.59 Å². The van der Waals surface area contributed by atoms with Crippen molar-refractivity contribution in [2.75, 3.05) is 6.61 Å². The summed E-state index contributed by atoms with van der Waals surface area (Å²) in [6.45, 7) is 12.2. The van der Waals surface area contributed by atoms with Crippen LogP contribution in [0.5, 0.6) is 5.75 Å². The molecule has 0 aliphatic rings. The molecule has 9 heteroatoms. The smallest absolute Gasteiger partial charge is 0.444 e. The highest BCUT2D eigenvalue weighted by Gasteiger charge is 2.28. The molecular weight excluding hydrogens is 502 g/mol. The summed E-state index contributed by atoms with van der Waals surface area (Å²) in [5, 5.41) is 13.2. The Morgan fingerprint density at radius 2 is 1.58 bits per heavy atom. The van der Waals surface area contributed by atoms with Crippen LogP contribution in [0.25, 0.3) is 0 Å². The molecule has 1 atom stereocenters. The molecule has 0 aliphatic heterocycles. The first kappa shape index (κ1) is 29.8. The lowest BCUT2D eigenvalue weighted by molar-refractivity contribution is 0.0205. The molecular formula is C27H36ClNO6S. The number of aliphatic hydroxyl groups is 1. The average Bonchev–Trinajstić information content (AvgIpc) is 2.70. The lowest BCUT2D eigenvalue weighted by Crippen LogP contribution is -2.50. The van der Waals surface area contributed by atoms with Crippen molar-refractivity contribution in [3.05, 3.63) is 53.1 Å². The van der Waals surface area contributed by atoms with Crippen LogP contribution < -0.4 is 10.1 Å². The molecule has 2 aromatic carbocycles. The molecule has 1 amide bonds. The van der Waals surface area contributed by atoms with Crippen molar-refractivity contribution in [2.24, 2.45) is 0 Å². The first-order valence-electron chi connectivity index (χ1n) is 11.7. The summed E-state index contributed by atoms with van der Waals surface area (Å²) in [5.41, 5.74) is -1.22. The number of nitrogens with one attached hydrogen (secondary N) is 1. The van der Waals surface area contributed by atoms with E-state index >= 15 is 0 Å². The molecule has 0 bridgehead atoms. The maximum Gasteiger partial charge on any atom is 0.514 e. The zero-order valence-electron chi connectivity index (χ0n) is 21.9. The van der Waals surface area contributed by atoms with E-state index in [4.69, 9.17) is 25.8 Å². The topological polar surface area (TPSA) is 94.1 Å². The lowest BCUT2D eigenvalue weighted by Gasteiger charge is -2.30. The van der Waals surface area contributed by atoms with E-state index in [1.807, 2.05) is 24.3 Å². The van der Waals surface area contributed by atoms with Gasteiger partial charge < -0.3 is 24.6 Å². The minimum atomic E-state index is -0.854. The summed E-state index contributed by atoms with van der Waals surface area (Å²) in [5.74, 6) is 0.387. The number of carbonyl (C=O) groups is 2. The van der Waals surface area contributed by atoms with Crippen LogP contribution in [0.1, 0.15) is 60.5 Å². The third kappa shape index (κ3) is 10.7. The minimum absolute atomic E-state index is 0.237. The molecule has 198 valence electrons. The van der Waals surface area contributed by atoms with Gasteiger partial charge in [0, 0.05) is 14.8 Å². The Bertz CT molecular complexity index is 1060. The molecule has 0 unspecified atom stereocenters. The van der Waals surface area contributed by atoms with Crippen molar-refractivity contribution in [3.8, 4) is 5.75 Å². The highest BCUT2D eigenvalue weighted by Crippen LogP contribution is 2.33. The van der Waals surface area contributed by atoms with Crippen LogP contribution >= 0.6 is 23.4 Å². The Morgan fingerprint density at radius 3 is 2.17 bits per heavy atom. The van der Waals surface area contributed by atoms with Crippen molar-refractivity contribution in [2.45, 2.75) is 87.8 Å². The highest BCUT2D eigenvalue weighted by molar-refractivity contribution is 7.99. The number of ether oxygens (including phenoxy) is 3. The van der Waals surface area contributed by atoms with Crippen molar-refractivity contribution >= 4 is 35.6 Å². The quantitative estimate of drug-likeness (QED) is 0.276. The van der Waals surface area contributed by atoms with Gasteiger partial charge in [-0.3, -0.25) is 0 Å². The predicted molar refractivity (Wildman–Crippen MR) is 142 cm³/mol. The summed E-state index contributed by atoms with van der Waals surface area (Å²) < 4.78 is 15.8. The summed E-state index contributed by atoms with van der Waals surface area (Å²) in [7, 11) is 0. The molecule has 2 N–H and O–H groups in total. The van der Waals surface area contributed by atoms with Crippen LogP contribution in [-0.4, -0.2) is 40.7 Å². The molecule has 7 nitrogen and oxygen atoms in total. The van der Waals surface area contributed by atoms with Crippen molar-refractivity contribution < 1.29 is 28.9 Å².